The average molecular weight is 387 g/mol. The second kappa shape index (κ2) is 9.67. The van der Waals surface area contributed by atoms with Crippen LogP contribution in [0.2, 0.25) is 0 Å². The number of rotatable bonds is 10. The summed E-state index contributed by atoms with van der Waals surface area (Å²) in [4.78, 5) is 28.9. The topological polar surface area (TPSA) is 53.9 Å². The van der Waals surface area contributed by atoms with E-state index in [1.807, 2.05) is 41.6 Å². The maximum Gasteiger partial charge on any atom is 0.278 e. The van der Waals surface area contributed by atoms with Crippen LogP contribution >= 0.6 is 11.3 Å². The molecule has 1 fully saturated rings. The third-order valence-corrected chi connectivity index (χ3v) is 5.51. The van der Waals surface area contributed by atoms with Gasteiger partial charge in [0, 0.05) is 17.5 Å². The first-order valence-corrected chi connectivity index (χ1v) is 10.4. The summed E-state index contributed by atoms with van der Waals surface area (Å²) < 4.78 is 0. The molecule has 6 heteroatoms. The Balaban J connectivity index is 1.54. The first-order valence-electron chi connectivity index (χ1n) is 9.55. The summed E-state index contributed by atoms with van der Waals surface area (Å²) in [5.41, 5.74) is 1.23. The highest BCUT2D eigenvalue weighted by molar-refractivity contribution is 7.09. The van der Waals surface area contributed by atoms with E-state index in [4.69, 9.17) is 0 Å². The van der Waals surface area contributed by atoms with E-state index in [1.54, 1.807) is 11.3 Å². The molecule has 3 rings (SSSR count). The minimum absolute atomic E-state index is 0.0388. The van der Waals surface area contributed by atoms with Crippen LogP contribution in [0.1, 0.15) is 23.3 Å². The van der Waals surface area contributed by atoms with Gasteiger partial charge in [0.15, 0.2) is 13.1 Å². The van der Waals surface area contributed by atoms with E-state index >= 15 is 0 Å². The number of carbonyl (C=O) groups excluding carboxylic acids is 2. The van der Waals surface area contributed by atoms with Crippen molar-refractivity contribution >= 4 is 23.2 Å². The molecule has 1 aromatic carbocycles. The summed E-state index contributed by atoms with van der Waals surface area (Å²) in [5, 5.41) is 5.02. The third-order valence-electron chi connectivity index (χ3n) is 4.65. The number of nitrogens with one attached hydrogen (secondary N) is 2. The SMILES string of the molecule is C[NH+](CC(=O)NC1CC1)CC(=O)N(CCc1ccccc1)Cc1cccs1. The highest BCUT2D eigenvalue weighted by Crippen LogP contribution is 2.18. The Hall–Kier alpha value is -2.18. The molecule has 0 saturated heterocycles. The molecule has 0 spiro atoms. The largest absolute Gasteiger partial charge is 0.348 e. The molecule has 1 atom stereocenters. The molecule has 0 aliphatic heterocycles. The zero-order valence-corrected chi connectivity index (χ0v) is 16.6. The third kappa shape index (κ3) is 6.81. The molecule has 1 unspecified atom stereocenters. The minimum atomic E-state index is 0.0388. The van der Waals surface area contributed by atoms with Gasteiger partial charge in [-0.1, -0.05) is 36.4 Å². The quantitative estimate of drug-likeness (QED) is 0.643. The maximum atomic E-state index is 12.9. The van der Waals surface area contributed by atoms with Crippen molar-refractivity contribution in [3.63, 3.8) is 0 Å². The number of hydrogen-bond donors (Lipinski definition) is 2. The first kappa shape index (κ1) is 19.6. The van der Waals surface area contributed by atoms with Crippen molar-refractivity contribution in [1.29, 1.82) is 0 Å². The summed E-state index contributed by atoms with van der Waals surface area (Å²) >= 11 is 1.67. The number of hydrogen-bond acceptors (Lipinski definition) is 3. The van der Waals surface area contributed by atoms with Crippen LogP contribution in [0.5, 0.6) is 0 Å². The molecule has 144 valence electrons. The predicted molar refractivity (Wildman–Crippen MR) is 108 cm³/mol. The fraction of sp³-hybridized carbons (Fsp3) is 0.429. The molecular weight excluding hydrogens is 358 g/mol. The minimum Gasteiger partial charge on any atom is -0.348 e. The number of quaternary nitrogens is 1. The summed E-state index contributed by atoms with van der Waals surface area (Å²) in [6.07, 6.45) is 2.99. The lowest BCUT2D eigenvalue weighted by Gasteiger charge is -2.24. The highest BCUT2D eigenvalue weighted by atomic mass is 32.1. The van der Waals surface area contributed by atoms with Crippen LogP contribution < -0.4 is 10.2 Å². The predicted octanol–water partition coefficient (Wildman–Crippen LogP) is 1.11. The Morgan fingerprint density at radius 2 is 1.93 bits per heavy atom. The van der Waals surface area contributed by atoms with Gasteiger partial charge in [-0.3, -0.25) is 9.59 Å². The van der Waals surface area contributed by atoms with Gasteiger partial charge in [-0.25, -0.2) is 0 Å². The molecule has 1 saturated carbocycles. The molecule has 0 bridgehead atoms. The van der Waals surface area contributed by atoms with E-state index in [0.717, 1.165) is 24.2 Å². The number of likely N-dealkylation sites (N-methyl/N-ethyl adjacent to an activating group) is 1. The van der Waals surface area contributed by atoms with Crippen molar-refractivity contribution in [3.8, 4) is 0 Å². The standard InChI is InChI=1S/C21H27N3O2S/c1-23(15-20(25)22-18-9-10-18)16-21(26)24(14-19-8-5-13-27-19)12-11-17-6-3-2-4-7-17/h2-8,13,18H,9-12,14-16H2,1H3,(H,22,25)/p+1. The van der Waals surface area contributed by atoms with E-state index < -0.39 is 0 Å². The number of thiophene rings is 1. The maximum absolute atomic E-state index is 12.9. The van der Waals surface area contributed by atoms with Gasteiger partial charge in [-0.05, 0) is 36.3 Å². The van der Waals surface area contributed by atoms with Gasteiger partial charge in [0.25, 0.3) is 11.8 Å². The average Bonchev–Trinajstić information content (AvgIpc) is 3.30. The summed E-state index contributed by atoms with van der Waals surface area (Å²) in [6.45, 7) is 1.99. The summed E-state index contributed by atoms with van der Waals surface area (Å²) in [5.74, 6) is 0.132. The van der Waals surface area contributed by atoms with Gasteiger partial charge in [-0.2, -0.15) is 0 Å². The van der Waals surface area contributed by atoms with Crippen LogP contribution in [-0.2, 0) is 22.6 Å². The van der Waals surface area contributed by atoms with Gasteiger partial charge in [0.1, 0.15) is 0 Å². The molecule has 1 aromatic heterocycles. The summed E-state index contributed by atoms with van der Waals surface area (Å²) in [6, 6.07) is 14.7. The van der Waals surface area contributed by atoms with Gasteiger partial charge < -0.3 is 15.1 Å². The molecule has 27 heavy (non-hydrogen) atoms. The number of nitrogens with zero attached hydrogens (tertiary/aromatic N) is 1. The molecule has 0 radical (unpaired) electrons. The second-order valence-corrected chi connectivity index (χ2v) is 8.31. The lowest BCUT2D eigenvalue weighted by molar-refractivity contribution is -0.863. The molecule has 5 nitrogen and oxygen atoms in total. The molecule has 1 heterocycles. The highest BCUT2D eigenvalue weighted by Gasteiger charge is 2.25. The Labute approximate surface area is 165 Å². The van der Waals surface area contributed by atoms with E-state index in [2.05, 4.69) is 23.5 Å². The van der Waals surface area contributed by atoms with Gasteiger partial charge in [0.2, 0.25) is 0 Å². The Kier molecular flexibility index (Phi) is 7.01. The van der Waals surface area contributed by atoms with Crippen LogP contribution in [-0.4, -0.2) is 49.4 Å². The van der Waals surface area contributed by atoms with Crippen LogP contribution in [0.15, 0.2) is 47.8 Å². The molecule has 1 aliphatic carbocycles. The van der Waals surface area contributed by atoms with Crippen LogP contribution in [0.3, 0.4) is 0 Å². The van der Waals surface area contributed by atoms with Crippen molar-refractivity contribution in [3.05, 3.63) is 58.3 Å². The lowest BCUT2D eigenvalue weighted by Crippen LogP contribution is -3.11. The van der Waals surface area contributed by atoms with Gasteiger partial charge >= 0.3 is 0 Å². The van der Waals surface area contributed by atoms with E-state index in [1.165, 1.54) is 10.4 Å². The van der Waals surface area contributed by atoms with Crippen LogP contribution in [0.4, 0.5) is 0 Å². The molecule has 2 N–H and O–H groups in total. The van der Waals surface area contributed by atoms with Crippen LogP contribution in [0.25, 0.3) is 0 Å². The van der Waals surface area contributed by atoms with Gasteiger partial charge in [0.05, 0.1) is 13.6 Å². The summed E-state index contributed by atoms with van der Waals surface area (Å²) in [7, 11) is 1.91. The fourth-order valence-corrected chi connectivity index (χ4v) is 3.72. The fourth-order valence-electron chi connectivity index (χ4n) is 3.00. The normalized spacial score (nSPS) is 14.6. The van der Waals surface area contributed by atoms with Crippen LogP contribution in [0, 0.1) is 0 Å². The van der Waals surface area contributed by atoms with E-state index in [-0.39, 0.29) is 11.8 Å². The molecule has 1 aliphatic rings. The zero-order valence-electron chi connectivity index (χ0n) is 15.8. The van der Waals surface area contributed by atoms with Crippen molar-refractivity contribution in [2.24, 2.45) is 0 Å². The number of benzene rings is 1. The van der Waals surface area contributed by atoms with E-state index in [0.29, 0.717) is 32.2 Å². The first-order chi connectivity index (χ1) is 13.1. The van der Waals surface area contributed by atoms with Gasteiger partial charge in [-0.15, -0.1) is 11.3 Å². The Morgan fingerprint density at radius 3 is 2.59 bits per heavy atom. The lowest BCUT2D eigenvalue weighted by atomic mass is 10.1. The van der Waals surface area contributed by atoms with Crippen molar-refractivity contribution in [2.45, 2.75) is 31.8 Å². The molecule has 2 amide bonds. The smallest absolute Gasteiger partial charge is 0.278 e. The van der Waals surface area contributed by atoms with Crippen molar-refractivity contribution in [1.82, 2.24) is 10.2 Å². The second-order valence-electron chi connectivity index (χ2n) is 7.28. The monoisotopic (exact) mass is 386 g/mol. The van der Waals surface area contributed by atoms with Crippen molar-refractivity contribution in [2.75, 3.05) is 26.7 Å². The molecular formula is C21H28N3O2S+. The Bertz CT molecular complexity index is 729. The van der Waals surface area contributed by atoms with Crippen molar-refractivity contribution < 1.29 is 14.5 Å². The Morgan fingerprint density at radius 1 is 1.15 bits per heavy atom. The number of carbonyl (C=O) groups is 2. The van der Waals surface area contributed by atoms with E-state index in [9.17, 15) is 9.59 Å². The molecule has 2 aromatic rings. The zero-order chi connectivity index (χ0) is 19.1. The number of amides is 2.